The van der Waals surface area contributed by atoms with Gasteiger partial charge in [0.2, 0.25) is 0 Å². The van der Waals surface area contributed by atoms with Crippen molar-refractivity contribution in [3.63, 3.8) is 0 Å². The van der Waals surface area contributed by atoms with Crippen molar-refractivity contribution in [2.24, 2.45) is 5.73 Å². The molecule has 3 nitrogen and oxygen atoms in total. The van der Waals surface area contributed by atoms with Crippen LogP contribution >= 0.6 is 11.6 Å². The number of aliphatic hydroxyl groups is 1. The lowest BCUT2D eigenvalue weighted by molar-refractivity contribution is 0.263. The van der Waals surface area contributed by atoms with Gasteiger partial charge in [-0.25, -0.2) is 0 Å². The fourth-order valence-corrected chi connectivity index (χ4v) is 1.36. The Hall–Kier alpha value is -0.545. The van der Waals surface area contributed by atoms with Crippen molar-refractivity contribution in [1.82, 2.24) is 0 Å². The van der Waals surface area contributed by atoms with Crippen molar-refractivity contribution < 1.29 is 9.76 Å². The zero-order chi connectivity index (χ0) is 12.0. The van der Waals surface area contributed by atoms with Gasteiger partial charge in [-0.3, -0.25) is 0 Å². The average molecular weight is 241 g/mol. The molecule has 1 aliphatic rings. The Kier molecular flexibility index (Phi) is 5.84. The smallest absolute Gasteiger partial charge is 0.330 e. The minimum absolute atomic E-state index is 0.00926. The lowest BCUT2D eigenvalue weighted by Gasteiger charge is -1.98. The molecule has 5 heteroatoms. The fourth-order valence-electron chi connectivity index (χ4n) is 1.16. The molecular formula is C11H16BClNO2. The summed E-state index contributed by atoms with van der Waals surface area (Å²) in [5.74, 6) is 0. The number of rotatable bonds is 2. The molecule has 0 bridgehead atoms. The molecule has 0 aliphatic carbocycles. The first-order chi connectivity index (χ1) is 7.67. The van der Waals surface area contributed by atoms with Crippen LogP contribution in [-0.4, -0.2) is 25.2 Å². The minimum atomic E-state index is -0.00926. The minimum Gasteiger partial charge on any atom is -0.430 e. The van der Waals surface area contributed by atoms with E-state index in [9.17, 15) is 0 Å². The number of fused-ring (bicyclic) bond motifs is 1. The third-order valence-corrected chi connectivity index (χ3v) is 2.55. The predicted octanol–water partition coefficient (Wildman–Crippen LogP) is 0.831. The lowest BCUT2D eigenvalue weighted by atomic mass is 9.88. The molecule has 0 saturated heterocycles. The summed E-state index contributed by atoms with van der Waals surface area (Å²) in [6, 6.07) is 5.75. The molecule has 16 heavy (non-hydrogen) atoms. The van der Waals surface area contributed by atoms with Crippen LogP contribution in [0.5, 0.6) is 0 Å². The molecule has 0 fully saturated rings. The van der Waals surface area contributed by atoms with Gasteiger partial charge < -0.3 is 15.5 Å². The molecule has 3 N–H and O–H groups in total. The average Bonchev–Trinajstić information content (AvgIpc) is 2.75. The van der Waals surface area contributed by atoms with Crippen LogP contribution < -0.4 is 11.2 Å². The molecule has 1 unspecified atom stereocenters. The first kappa shape index (κ1) is 13.5. The molecule has 0 amide bonds. The largest absolute Gasteiger partial charge is 0.430 e. The van der Waals surface area contributed by atoms with E-state index in [4.69, 9.17) is 27.1 Å². The van der Waals surface area contributed by atoms with E-state index < -0.39 is 0 Å². The van der Waals surface area contributed by atoms with E-state index in [1.54, 1.807) is 7.48 Å². The van der Waals surface area contributed by atoms with E-state index in [2.05, 4.69) is 0 Å². The third kappa shape index (κ3) is 4.14. The molecule has 1 radical (unpaired) electrons. The molecule has 0 saturated carbocycles. The van der Waals surface area contributed by atoms with Crippen LogP contribution in [0.3, 0.4) is 0 Å². The number of aliphatic hydroxyl groups excluding tert-OH is 1. The second-order valence-corrected chi connectivity index (χ2v) is 4.06. The van der Waals surface area contributed by atoms with Gasteiger partial charge in [-0.05, 0) is 29.6 Å². The summed E-state index contributed by atoms with van der Waals surface area (Å²) < 4.78 is 5.09. The van der Waals surface area contributed by atoms with Crippen LogP contribution in [0.25, 0.3) is 0 Å². The van der Waals surface area contributed by atoms with Gasteiger partial charge in [0.15, 0.2) is 0 Å². The number of hydrogen-bond acceptors (Lipinski definition) is 3. The number of hydrogen-bond donors (Lipinski definition) is 2. The van der Waals surface area contributed by atoms with E-state index in [1.165, 1.54) is 5.56 Å². The highest BCUT2D eigenvalue weighted by Gasteiger charge is 2.12. The Bertz CT molecular complexity index is 332. The van der Waals surface area contributed by atoms with Crippen LogP contribution in [0.4, 0.5) is 0 Å². The van der Waals surface area contributed by atoms with Crippen molar-refractivity contribution in [3.8, 4) is 0 Å². The highest BCUT2D eigenvalue weighted by molar-refractivity contribution is 6.49. The third-order valence-electron chi connectivity index (χ3n) is 2.31. The van der Waals surface area contributed by atoms with Gasteiger partial charge in [-0.1, -0.05) is 24.6 Å². The molecule has 2 rings (SSSR count). The van der Waals surface area contributed by atoms with Crippen molar-refractivity contribution in [2.75, 3.05) is 6.61 Å². The predicted molar refractivity (Wildman–Crippen MR) is 67.0 cm³/mol. The van der Waals surface area contributed by atoms with Gasteiger partial charge in [-0.2, -0.15) is 0 Å². The maximum Gasteiger partial charge on any atom is 0.330 e. The number of halogens is 1. The SMILES string of the molecule is CCC(N)CO.Clc1ccc2c(c1)CO[B]2. The quantitative estimate of drug-likeness (QED) is 0.753. The zero-order valence-electron chi connectivity index (χ0n) is 9.32. The molecule has 87 valence electrons. The van der Waals surface area contributed by atoms with Crippen LogP contribution in [-0.2, 0) is 11.3 Å². The van der Waals surface area contributed by atoms with Gasteiger partial charge in [0.1, 0.15) is 0 Å². The summed E-state index contributed by atoms with van der Waals surface area (Å²) in [5.41, 5.74) is 7.54. The van der Waals surface area contributed by atoms with Crippen LogP contribution in [0.15, 0.2) is 18.2 Å². The number of nitrogens with two attached hydrogens (primary N) is 1. The Balaban J connectivity index is 0.000000187. The maximum atomic E-state index is 8.21. The molecule has 1 atom stereocenters. The van der Waals surface area contributed by atoms with Gasteiger partial charge in [-0.15, -0.1) is 0 Å². The normalized spacial score (nSPS) is 14.5. The van der Waals surface area contributed by atoms with E-state index in [0.29, 0.717) is 6.61 Å². The standard InChI is InChI=1S/C7H5BClO.C4H11NO/c9-6-1-2-7-5(3-6)4-10-8-7;1-2-4(5)3-6/h1-3H,4H2;4,6H,2-3,5H2,1H3. The summed E-state index contributed by atoms with van der Waals surface area (Å²) in [6.45, 7) is 2.72. The number of benzene rings is 1. The second kappa shape index (κ2) is 6.91. The van der Waals surface area contributed by atoms with E-state index in [-0.39, 0.29) is 12.6 Å². The lowest BCUT2D eigenvalue weighted by Crippen LogP contribution is -2.22. The topological polar surface area (TPSA) is 55.5 Å². The van der Waals surface area contributed by atoms with E-state index in [1.807, 2.05) is 25.1 Å². The highest BCUT2D eigenvalue weighted by Crippen LogP contribution is 2.12. The summed E-state index contributed by atoms with van der Waals surface area (Å²) in [4.78, 5) is 0. The van der Waals surface area contributed by atoms with Gasteiger partial charge >= 0.3 is 7.48 Å². The Morgan fingerprint density at radius 2 is 2.38 bits per heavy atom. The van der Waals surface area contributed by atoms with Gasteiger partial charge in [0.05, 0.1) is 13.2 Å². The first-order valence-electron chi connectivity index (χ1n) is 5.27. The summed E-state index contributed by atoms with van der Waals surface area (Å²) >= 11 is 5.75. The Morgan fingerprint density at radius 3 is 2.94 bits per heavy atom. The van der Waals surface area contributed by atoms with Gasteiger partial charge in [0, 0.05) is 11.1 Å². The fraction of sp³-hybridized carbons (Fsp3) is 0.455. The van der Waals surface area contributed by atoms with Gasteiger partial charge in [0.25, 0.3) is 0 Å². The maximum absolute atomic E-state index is 8.21. The molecule has 1 aliphatic heterocycles. The molecule has 1 aromatic carbocycles. The van der Waals surface area contributed by atoms with Crippen LogP contribution in [0, 0.1) is 0 Å². The van der Waals surface area contributed by atoms with Crippen molar-refractivity contribution in [3.05, 3.63) is 28.8 Å². The first-order valence-corrected chi connectivity index (χ1v) is 5.64. The Morgan fingerprint density at radius 1 is 1.62 bits per heavy atom. The van der Waals surface area contributed by atoms with E-state index in [0.717, 1.165) is 16.9 Å². The molecule has 1 aromatic rings. The summed E-state index contributed by atoms with van der Waals surface area (Å²) in [6.07, 6.45) is 0.858. The van der Waals surface area contributed by atoms with Crippen molar-refractivity contribution in [2.45, 2.75) is 26.0 Å². The second-order valence-electron chi connectivity index (χ2n) is 3.62. The monoisotopic (exact) mass is 240 g/mol. The Labute approximate surface area is 102 Å². The highest BCUT2D eigenvalue weighted by atomic mass is 35.5. The van der Waals surface area contributed by atoms with Crippen molar-refractivity contribution in [1.29, 1.82) is 0 Å². The molecule has 0 aromatic heterocycles. The molecular weight excluding hydrogens is 224 g/mol. The van der Waals surface area contributed by atoms with Crippen LogP contribution in [0.2, 0.25) is 5.02 Å². The summed E-state index contributed by atoms with van der Waals surface area (Å²) in [7, 11) is 1.76. The summed E-state index contributed by atoms with van der Waals surface area (Å²) in [5, 5.41) is 8.99. The molecule has 0 spiro atoms. The van der Waals surface area contributed by atoms with Crippen LogP contribution in [0.1, 0.15) is 18.9 Å². The van der Waals surface area contributed by atoms with E-state index >= 15 is 0 Å². The zero-order valence-corrected chi connectivity index (χ0v) is 10.1. The van der Waals surface area contributed by atoms with Crippen molar-refractivity contribution >= 4 is 24.5 Å². The molecule has 1 heterocycles.